The molecule has 0 aliphatic rings. The first-order valence-electron chi connectivity index (χ1n) is 3.96. The lowest BCUT2D eigenvalue weighted by Gasteiger charge is -2.03. The quantitative estimate of drug-likeness (QED) is 0.662. The van der Waals surface area contributed by atoms with Crippen LogP contribution in [0.2, 0.25) is 0 Å². The fourth-order valence-electron chi connectivity index (χ4n) is 1.07. The van der Waals surface area contributed by atoms with Crippen LogP contribution in [0.25, 0.3) is 0 Å². The maximum absolute atomic E-state index is 13.3. The third kappa shape index (κ3) is 2.19. The molecule has 0 unspecified atom stereocenters. The molecule has 0 bridgehead atoms. The number of allylic oxidation sites excluding steroid dienone is 1. The predicted molar refractivity (Wildman–Crippen MR) is 49.1 cm³/mol. The van der Waals surface area contributed by atoms with Crippen molar-refractivity contribution in [3.63, 3.8) is 0 Å². The summed E-state index contributed by atoms with van der Waals surface area (Å²) in [6, 6.07) is 0. The second kappa shape index (κ2) is 4.17. The van der Waals surface area contributed by atoms with E-state index in [1.165, 1.54) is 6.08 Å². The molecule has 0 spiro atoms. The van der Waals surface area contributed by atoms with Gasteiger partial charge in [-0.3, -0.25) is 0 Å². The van der Waals surface area contributed by atoms with Gasteiger partial charge in [0, 0.05) is 0 Å². The van der Waals surface area contributed by atoms with Crippen molar-refractivity contribution in [2.45, 2.75) is 11.9 Å². The highest BCUT2D eigenvalue weighted by molar-refractivity contribution is 6.22. The Hall–Kier alpha value is -1.50. The van der Waals surface area contributed by atoms with Gasteiger partial charge in [0.25, 0.3) is 0 Å². The number of hydrogen-bond donors (Lipinski definition) is 1. The summed E-state index contributed by atoms with van der Waals surface area (Å²) < 4.78 is 39.3. The molecule has 1 aromatic rings. The van der Waals surface area contributed by atoms with Crippen LogP contribution in [0.1, 0.15) is 16.1 Å². The second-order valence-corrected chi connectivity index (χ2v) is 3.26. The van der Waals surface area contributed by atoms with E-state index in [4.69, 9.17) is 5.11 Å². The second-order valence-electron chi connectivity index (χ2n) is 2.79. The lowest BCUT2D eigenvalue weighted by Crippen LogP contribution is -2.11. The molecule has 1 rings (SSSR count). The van der Waals surface area contributed by atoms with E-state index in [1.807, 2.05) is 0 Å². The van der Waals surface area contributed by atoms with Gasteiger partial charge >= 0.3 is 11.4 Å². The van der Waals surface area contributed by atoms with Gasteiger partial charge in [0.2, 0.25) is 5.95 Å². The Morgan fingerprint density at radius 1 is 1.69 bits per heavy atom. The van der Waals surface area contributed by atoms with Gasteiger partial charge in [0.05, 0.1) is 6.54 Å². The summed E-state index contributed by atoms with van der Waals surface area (Å²) in [5, 5.41) is 7.64. The van der Waals surface area contributed by atoms with E-state index < -0.39 is 28.6 Å². The number of carboxylic acids is 1. The highest BCUT2D eigenvalue weighted by Crippen LogP contribution is 2.34. The smallest absolute Gasteiger partial charge is 0.367 e. The summed E-state index contributed by atoms with van der Waals surface area (Å²) in [6.07, 6.45) is 1.18. The van der Waals surface area contributed by atoms with Crippen LogP contribution in [0.3, 0.4) is 0 Å². The molecule has 0 amide bonds. The number of aromatic nitrogens is 2. The minimum atomic E-state index is -4.04. The van der Waals surface area contributed by atoms with Crippen LogP contribution in [-0.2, 0) is 11.9 Å². The molecule has 0 radical (unpaired) electrons. The van der Waals surface area contributed by atoms with E-state index in [0.717, 1.165) is 0 Å². The van der Waals surface area contributed by atoms with Gasteiger partial charge in [-0.1, -0.05) is 6.08 Å². The van der Waals surface area contributed by atoms with Crippen LogP contribution in [0.5, 0.6) is 0 Å². The first-order valence-corrected chi connectivity index (χ1v) is 4.34. The summed E-state index contributed by atoms with van der Waals surface area (Å²) in [5.74, 6) is -3.24. The SMILES string of the molecule is C=CCn1nc(C(F)(F)Cl)c(C(=O)O)c1F. The number of hydrogen-bond acceptors (Lipinski definition) is 2. The van der Waals surface area contributed by atoms with Gasteiger partial charge in [-0.05, 0) is 11.6 Å². The zero-order chi connectivity index (χ0) is 12.5. The summed E-state index contributed by atoms with van der Waals surface area (Å²) in [5.41, 5.74) is -2.55. The maximum atomic E-state index is 13.3. The Labute approximate surface area is 92.9 Å². The highest BCUT2D eigenvalue weighted by atomic mass is 35.5. The molecule has 0 fully saturated rings. The van der Waals surface area contributed by atoms with E-state index >= 15 is 0 Å². The Bertz CT molecular complexity index is 439. The van der Waals surface area contributed by atoms with Crippen molar-refractivity contribution < 1.29 is 23.1 Å². The first kappa shape index (κ1) is 12.6. The Kier molecular flexibility index (Phi) is 3.27. The summed E-state index contributed by atoms with van der Waals surface area (Å²) >= 11 is 4.63. The third-order valence-corrected chi connectivity index (χ3v) is 1.85. The largest absolute Gasteiger partial charge is 0.477 e. The van der Waals surface area contributed by atoms with Crippen molar-refractivity contribution >= 4 is 17.6 Å². The lowest BCUT2D eigenvalue weighted by molar-refractivity contribution is 0.0647. The number of carbonyl (C=O) groups is 1. The number of rotatable bonds is 4. The molecule has 0 aliphatic carbocycles. The molecule has 0 aliphatic heterocycles. The standard InChI is InChI=1S/C8H6ClF3N2O2/c1-2-3-14-6(10)4(7(15)16)5(13-14)8(9,11)12/h2H,1,3H2,(H,15,16). The Morgan fingerprint density at radius 2 is 2.25 bits per heavy atom. The van der Waals surface area contributed by atoms with Gasteiger partial charge in [0.15, 0.2) is 5.69 Å². The van der Waals surface area contributed by atoms with Gasteiger partial charge in [-0.25, -0.2) is 9.48 Å². The van der Waals surface area contributed by atoms with Gasteiger partial charge in [-0.15, -0.1) is 6.58 Å². The molecule has 0 saturated carbocycles. The van der Waals surface area contributed by atoms with E-state index in [-0.39, 0.29) is 6.54 Å². The van der Waals surface area contributed by atoms with Crippen LogP contribution in [0.4, 0.5) is 13.2 Å². The molecule has 0 saturated heterocycles. The molecule has 1 aromatic heterocycles. The van der Waals surface area contributed by atoms with E-state index in [1.54, 1.807) is 0 Å². The van der Waals surface area contributed by atoms with Crippen LogP contribution < -0.4 is 0 Å². The molecule has 1 heterocycles. The number of alkyl halides is 3. The molecule has 16 heavy (non-hydrogen) atoms. The molecule has 88 valence electrons. The van der Waals surface area contributed by atoms with Crippen LogP contribution in [-0.4, -0.2) is 20.9 Å². The third-order valence-electron chi connectivity index (χ3n) is 1.67. The topological polar surface area (TPSA) is 55.1 Å². The van der Waals surface area contributed by atoms with Gasteiger partial charge < -0.3 is 5.11 Å². The average Bonchev–Trinajstić information content (AvgIpc) is 2.44. The Morgan fingerprint density at radius 3 is 2.56 bits per heavy atom. The molecule has 0 atom stereocenters. The van der Waals surface area contributed by atoms with Crippen molar-refractivity contribution in [2.24, 2.45) is 0 Å². The van der Waals surface area contributed by atoms with Crippen LogP contribution >= 0.6 is 11.6 Å². The average molecular weight is 255 g/mol. The molecule has 4 nitrogen and oxygen atoms in total. The Balaban J connectivity index is 3.43. The number of halogens is 4. The number of carboxylic acid groups (broad SMARTS) is 1. The summed E-state index contributed by atoms with van der Waals surface area (Å²) in [7, 11) is 0. The normalized spacial score (nSPS) is 11.5. The number of nitrogens with zero attached hydrogens (tertiary/aromatic N) is 2. The lowest BCUT2D eigenvalue weighted by atomic mass is 10.2. The van der Waals surface area contributed by atoms with Crippen molar-refractivity contribution in [1.82, 2.24) is 9.78 Å². The predicted octanol–water partition coefficient (Wildman–Crippen LogP) is 2.19. The van der Waals surface area contributed by atoms with E-state index in [2.05, 4.69) is 23.3 Å². The summed E-state index contributed by atoms with van der Waals surface area (Å²) in [6.45, 7) is 3.01. The van der Waals surface area contributed by atoms with Crippen molar-refractivity contribution in [1.29, 1.82) is 0 Å². The van der Waals surface area contributed by atoms with E-state index in [0.29, 0.717) is 4.68 Å². The van der Waals surface area contributed by atoms with Crippen LogP contribution in [0, 0.1) is 5.95 Å². The zero-order valence-corrected chi connectivity index (χ0v) is 8.51. The molecular weight excluding hydrogens is 249 g/mol. The first-order chi connectivity index (χ1) is 7.29. The minimum absolute atomic E-state index is 0.237. The van der Waals surface area contributed by atoms with Gasteiger partial charge in [-0.2, -0.15) is 18.3 Å². The molecule has 1 N–H and O–H groups in total. The van der Waals surface area contributed by atoms with Crippen molar-refractivity contribution in [3.05, 3.63) is 29.9 Å². The van der Waals surface area contributed by atoms with Crippen LogP contribution in [0.15, 0.2) is 12.7 Å². The molecule has 0 aromatic carbocycles. The van der Waals surface area contributed by atoms with Crippen molar-refractivity contribution in [3.8, 4) is 0 Å². The van der Waals surface area contributed by atoms with Gasteiger partial charge in [0.1, 0.15) is 5.56 Å². The zero-order valence-electron chi connectivity index (χ0n) is 7.75. The van der Waals surface area contributed by atoms with Crippen molar-refractivity contribution in [2.75, 3.05) is 0 Å². The fraction of sp³-hybridized carbons (Fsp3) is 0.250. The minimum Gasteiger partial charge on any atom is -0.477 e. The highest BCUT2D eigenvalue weighted by Gasteiger charge is 2.39. The summed E-state index contributed by atoms with van der Waals surface area (Å²) in [4.78, 5) is 10.6. The fourth-order valence-corrected chi connectivity index (χ4v) is 1.20. The monoisotopic (exact) mass is 254 g/mol. The molecular formula is C8H6ClF3N2O2. The molecule has 8 heteroatoms. The number of aromatic carboxylic acids is 1. The van der Waals surface area contributed by atoms with E-state index in [9.17, 15) is 18.0 Å². The maximum Gasteiger partial charge on any atom is 0.367 e.